The molecule has 0 saturated carbocycles. The Hall–Kier alpha value is -2.52. The molecule has 3 aliphatic heterocycles. The van der Waals surface area contributed by atoms with Crippen molar-refractivity contribution < 1.29 is 89.1 Å². The van der Waals surface area contributed by atoms with Crippen LogP contribution in [0.25, 0.3) is 0 Å². The fraction of sp³-hybridized carbons (Fsp3) is 0.758. The van der Waals surface area contributed by atoms with Crippen LogP contribution in [-0.4, -0.2) is 206 Å². The molecular formula is C33H53N3O18. The van der Waals surface area contributed by atoms with Crippen LogP contribution in [0.3, 0.4) is 0 Å². The van der Waals surface area contributed by atoms with Gasteiger partial charge >= 0.3 is 0 Å². The van der Waals surface area contributed by atoms with Crippen LogP contribution in [0, 0.1) is 0 Å². The van der Waals surface area contributed by atoms with Crippen LogP contribution < -0.4 is 11.1 Å². The van der Waals surface area contributed by atoms with E-state index >= 15 is 0 Å². The summed E-state index contributed by atoms with van der Waals surface area (Å²) in [6.07, 6.45) is -21.6. The quantitative estimate of drug-likeness (QED) is 0.0654. The Kier molecular flexibility index (Phi) is 16.9. The van der Waals surface area contributed by atoms with Crippen molar-refractivity contribution in [1.82, 2.24) is 10.2 Å². The Bertz CT molecular complexity index is 1310. The van der Waals surface area contributed by atoms with Gasteiger partial charge in [0.1, 0.15) is 67.1 Å². The van der Waals surface area contributed by atoms with E-state index in [4.69, 9.17) is 34.2 Å². The molecule has 0 bridgehead atoms. The van der Waals surface area contributed by atoms with Gasteiger partial charge in [0.05, 0.1) is 32.5 Å². The number of amides is 2. The van der Waals surface area contributed by atoms with Crippen molar-refractivity contribution in [3.63, 3.8) is 0 Å². The van der Waals surface area contributed by atoms with Crippen LogP contribution in [0.2, 0.25) is 0 Å². The number of nitrogens with zero attached hydrogens (tertiary/aromatic N) is 1. The molecule has 0 aliphatic carbocycles. The van der Waals surface area contributed by atoms with Crippen molar-refractivity contribution in [3.05, 3.63) is 35.4 Å². The Morgan fingerprint density at radius 1 is 0.722 bits per heavy atom. The van der Waals surface area contributed by atoms with Crippen LogP contribution >= 0.6 is 0 Å². The Morgan fingerprint density at radius 2 is 1.26 bits per heavy atom. The summed E-state index contributed by atoms with van der Waals surface area (Å²) >= 11 is 0. The molecule has 1 aromatic carbocycles. The lowest BCUT2D eigenvalue weighted by molar-refractivity contribution is -0.304. The van der Waals surface area contributed by atoms with Crippen molar-refractivity contribution in [2.24, 2.45) is 5.73 Å². The van der Waals surface area contributed by atoms with Crippen molar-refractivity contribution >= 4 is 11.8 Å². The summed E-state index contributed by atoms with van der Waals surface area (Å²) in [5.74, 6) is -1.13. The molecule has 0 aromatic heterocycles. The second-order valence-electron chi connectivity index (χ2n) is 13.3. The first-order valence-electron chi connectivity index (χ1n) is 17.6. The number of carbonyl (C=O) groups is 2. The van der Waals surface area contributed by atoms with Crippen LogP contribution in [0.4, 0.5) is 0 Å². The predicted molar refractivity (Wildman–Crippen MR) is 179 cm³/mol. The lowest BCUT2D eigenvalue weighted by Gasteiger charge is -2.41. The lowest BCUT2D eigenvalue weighted by atomic mass is 9.98. The second kappa shape index (κ2) is 20.6. The highest BCUT2D eigenvalue weighted by Gasteiger charge is 2.46. The number of aliphatic hydroxyl groups excluding tert-OH is 10. The van der Waals surface area contributed by atoms with Gasteiger partial charge in [-0.2, -0.15) is 0 Å². The Morgan fingerprint density at radius 3 is 1.87 bits per heavy atom. The molecule has 21 nitrogen and oxygen atoms in total. The van der Waals surface area contributed by atoms with E-state index in [1.54, 1.807) is 0 Å². The monoisotopic (exact) mass is 779 g/mol. The molecule has 54 heavy (non-hydrogen) atoms. The van der Waals surface area contributed by atoms with E-state index in [-0.39, 0.29) is 58.0 Å². The van der Waals surface area contributed by atoms with Gasteiger partial charge in [0.25, 0.3) is 5.91 Å². The van der Waals surface area contributed by atoms with Gasteiger partial charge in [-0.25, -0.2) is 0 Å². The topological polar surface area (TPSA) is 333 Å². The molecule has 3 aliphatic rings. The Labute approximate surface area is 310 Å². The number of nitrogens with two attached hydrogens (primary N) is 1. The molecule has 3 fully saturated rings. The fourth-order valence-corrected chi connectivity index (χ4v) is 6.03. The number of hydrogen-bond acceptors (Lipinski definition) is 19. The third-order valence-electron chi connectivity index (χ3n) is 9.34. The van der Waals surface area contributed by atoms with E-state index < -0.39 is 111 Å². The molecule has 0 spiro atoms. The molecule has 4 rings (SSSR count). The van der Waals surface area contributed by atoms with E-state index in [1.165, 1.54) is 36.1 Å². The van der Waals surface area contributed by atoms with E-state index in [0.717, 1.165) is 0 Å². The fourth-order valence-electron chi connectivity index (χ4n) is 6.03. The summed E-state index contributed by atoms with van der Waals surface area (Å²) in [5, 5.41) is 104. The number of hydrogen-bond donors (Lipinski definition) is 12. The van der Waals surface area contributed by atoms with Crippen LogP contribution in [0.15, 0.2) is 24.3 Å². The number of ether oxygens (including phenoxy) is 6. The molecule has 3 heterocycles. The summed E-state index contributed by atoms with van der Waals surface area (Å²) in [6.45, 7) is -0.00587. The maximum atomic E-state index is 13.8. The summed E-state index contributed by atoms with van der Waals surface area (Å²) in [4.78, 5) is 27.8. The maximum Gasteiger partial charge on any atom is 0.253 e. The first kappa shape index (κ1) is 44.2. The van der Waals surface area contributed by atoms with Crippen molar-refractivity contribution in [2.45, 2.75) is 112 Å². The van der Waals surface area contributed by atoms with Crippen LogP contribution in [0.5, 0.6) is 0 Å². The smallest absolute Gasteiger partial charge is 0.253 e. The van der Waals surface area contributed by atoms with Gasteiger partial charge in [0.2, 0.25) is 5.91 Å². The Balaban J connectivity index is 1.38. The largest absolute Gasteiger partial charge is 0.394 e. The standard InChI is InChI=1S/C33H53N3O18/c1-15-21(39)24(42)27(45)31(52-15)50-11-8-35-20(38)6-9-36(12-18-22(40)25(43)28(46)32(53-18)49-10-7-34)30(48)17-4-2-16(3-5-17)14-51-33-29(47)26(44)23(41)19(13-37)54-33/h2-5,15,18-19,21-29,31-33,37,39-47H,6-14,34H2,1H3,(H,35,38)/t15-,18+,19+,21+,22-,23+,24+,25-,26-,27-,28+,29-,31+,32+,33-/m0/s1. The normalized spacial score (nSPS) is 37.1. The first-order chi connectivity index (χ1) is 25.7. The zero-order valence-corrected chi connectivity index (χ0v) is 29.6. The van der Waals surface area contributed by atoms with Crippen molar-refractivity contribution in [2.75, 3.05) is 46.0 Å². The molecule has 1 aromatic rings. The highest BCUT2D eigenvalue weighted by Crippen LogP contribution is 2.26. The number of benzene rings is 1. The lowest BCUT2D eigenvalue weighted by Crippen LogP contribution is -2.61. The molecule has 2 amide bonds. The van der Waals surface area contributed by atoms with Gasteiger partial charge in [-0.05, 0) is 24.6 Å². The van der Waals surface area contributed by atoms with E-state index in [9.17, 15) is 60.7 Å². The average molecular weight is 780 g/mol. The predicted octanol–water partition coefficient (Wildman–Crippen LogP) is -6.42. The third kappa shape index (κ3) is 11.1. The molecule has 308 valence electrons. The number of carbonyl (C=O) groups excluding carboxylic acids is 2. The molecule has 0 unspecified atom stereocenters. The highest BCUT2D eigenvalue weighted by atomic mass is 16.7. The van der Waals surface area contributed by atoms with Gasteiger partial charge in [-0.15, -0.1) is 0 Å². The SMILES string of the molecule is C[C@@H]1O[C@@H](OCCNC(=O)CCN(C[C@H]2O[C@@H](OCCN)[C@H](O)[C@@H](O)[C@H]2O)C(=O)c2ccc(CO[C@H]3O[C@H](CO)[C@@H](O)[C@H](O)[C@@H]3O)cc2)[C@@H](O)[C@H](O)[C@@H]1O. The number of nitrogens with one attached hydrogen (secondary N) is 1. The van der Waals surface area contributed by atoms with Gasteiger partial charge in [0, 0.05) is 38.2 Å². The summed E-state index contributed by atoms with van der Waals surface area (Å²) in [5.41, 5.74) is 6.12. The van der Waals surface area contributed by atoms with E-state index in [0.29, 0.717) is 5.56 Å². The molecule has 13 N–H and O–H groups in total. The van der Waals surface area contributed by atoms with Gasteiger partial charge in [-0.3, -0.25) is 9.59 Å². The summed E-state index contributed by atoms with van der Waals surface area (Å²) in [6, 6.07) is 5.94. The minimum atomic E-state index is -1.70. The molecule has 0 radical (unpaired) electrons. The summed E-state index contributed by atoms with van der Waals surface area (Å²) < 4.78 is 32.8. The minimum absolute atomic E-state index is 0.0381. The molecule has 21 heteroatoms. The zero-order valence-electron chi connectivity index (χ0n) is 29.6. The zero-order chi connectivity index (χ0) is 39.7. The summed E-state index contributed by atoms with van der Waals surface area (Å²) in [7, 11) is 0. The van der Waals surface area contributed by atoms with Crippen LogP contribution in [0.1, 0.15) is 29.3 Å². The number of aliphatic hydroxyl groups is 10. The molecule has 15 atom stereocenters. The number of rotatable bonds is 17. The molecule has 3 saturated heterocycles. The van der Waals surface area contributed by atoms with Gasteiger partial charge < -0.3 is 95.4 Å². The van der Waals surface area contributed by atoms with Gasteiger partial charge in [-0.1, -0.05) is 12.1 Å². The average Bonchev–Trinajstić information content (AvgIpc) is 3.17. The third-order valence-corrected chi connectivity index (χ3v) is 9.34. The molecular weight excluding hydrogens is 726 g/mol. The van der Waals surface area contributed by atoms with E-state index in [1.807, 2.05) is 0 Å². The van der Waals surface area contributed by atoms with Gasteiger partial charge in [0.15, 0.2) is 18.9 Å². The second-order valence-corrected chi connectivity index (χ2v) is 13.3. The van der Waals surface area contributed by atoms with E-state index in [2.05, 4.69) is 5.32 Å². The minimum Gasteiger partial charge on any atom is -0.394 e. The highest BCUT2D eigenvalue weighted by molar-refractivity contribution is 5.94. The van der Waals surface area contributed by atoms with Crippen molar-refractivity contribution in [3.8, 4) is 0 Å². The van der Waals surface area contributed by atoms with Crippen molar-refractivity contribution in [1.29, 1.82) is 0 Å². The first-order valence-corrected chi connectivity index (χ1v) is 17.6. The van der Waals surface area contributed by atoms with Crippen LogP contribution in [-0.2, 0) is 39.8 Å². The maximum absolute atomic E-state index is 13.8.